The first-order chi connectivity index (χ1) is 12.0. The zero-order valence-electron chi connectivity index (χ0n) is 13.1. The van der Waals surface area contributed by atoms with E-state index in [1.54, 1.807) is 24.3 Å². The second-order valence-electron chi connectivity index (χ2n) is 5.66. The molecule has 3 rings (SSSR count). The predicted molar refractivity (Wildman–Crippen MR) is 92.6 cm³/mol. The fraction of sp³-hybridized carbons (Fsp3) is 0.105. The van der Waals surface area contributed by atoms with Crippen molar-refractivity contribution in [1.82, 2.24) is 5.32 Å². The topological polar surface area (TPSA) is 104 Å². The number of carboxylic acid groups (broad SMARTS) is 2. The first kappa shape index (κ1) is 16.4. The number of carbonyl (C=O) groups is 3. The highest BCUT2D eigenvalue weighted by molar-refractivity contribution is 6.18. The van der Waals surface area contributed by atoms with E-state index in [1.165, 1.54) is 0 Å². The molecule has 0 spiro atoms. The van der Waals surface area contributed by atoms with Gasteiger partial charge in [-0.25, -0.2) is 4.79 Å². The summed E-state index contributed by atoms with van der Waals surface area (Å²) < 4.78 is 0. The standard InChI is InChI=1S/C19H15NO5/c21-16(22)10-15(19(24)25)20-18(23)17-13-7-3-1-5-11(13)9-12-6-2-4-8-14(12)17/h1-9,15H,10H2,(H,20,23)(H,21,22)(H,24,25)/t15-/m0/s1. The molecule has 0 aliphatic rings. The largest absolute Gasteiger partial charge is 0.481 e. The van der Waals surface area contributed by atoms with Gasteiger partial charge in [-0.15, -0.1) is 0 Å². The van der Waals surface area contributed by atoms with Crippen molar-refractivity contribution in [3.63, 3.8) is 0 Å². The monoisotopic (exact) mass is 337 g/mol. The average Bonchev–Trinajstić information content (AvgIpc) is 2.58. The molecule has 0 saturated carbocycles. The third-order valence-electron chi connectivity index (χ3n) is 3.98. The van der Waals surface area contributed by atoms with Crippen LogP contribution in [-0.2, 0) is 9.59 Å². The molecule has 0 aromatic heterocycles. The van der Waals surface area contributed by atoms with E-state index in [2.05, 4.69) is 5.32 Å². The quantitative estimate of drug-likeness (QED) is 0.621. The molecule has 0 unspecified atom stereocenters. The smallest absolute Gasteiger partial charge is 0.326 e. The van der Waals surface area contributed by atoms with Crippen LogP contribution >= 0.6 is 0 Å². The van der Waals surface area contributed by atoms with E-state index >= 15 is 0 Å². The van der Waals surface area contributed by atoms with Crippen LogP contribution in [0.5, 0.6) is 0 Å². The summed E-state index contributed by atoms with van der Waals surface area (Å²) >= 11 is 0. The molecule has 126 valence electrons. The molecule has 0 fully saturated rings. The Morgan fingerprint density at radius 3 is 1.88 bits per heavy atom. The molecule has 0 aliphatic heterocycles. The van der Waals surface area contributed by atoms with Gasteiger partial charge in [0.05, 0.1) is 12.0 Å². The molecular weight excluding hydrogens is 322 g/mol. The van der Waals surface area contributed by atoms with Crippen LogP contribution in [0, 0.1) is 0 Å². The lowest BCUT2D eigenvalue weighted by Crippen LogP contribution is -2.42. The Morgan fingerprint density at radius 2 is 1.40 bits per heavy atom. The van der Waals surface area contributed by atoms with Crippen LogP contribution in [-0.4, -0.2) is 34.1 Å². The molecule has 3 N–H and O–H groups in total. The lowest BCUT2D eigenvalue weighted by Gasteiger charge is -2.15. The summed E-state index contributed by atoms with van der Waals surface area (Å²) in [6.45, 7) is 0. The van der Waals surface area contributed by atoms with Gasteiger partial charge in [0.15, 0.2) is 0 Å². The molecule has 0 heterocycles. The number of rotatable bonds is 5. The van der Waals surface area contributed by atoms with Crippen molar-refractivity contribution >= 4 is 39.4 Å². The summed E-state index contributed by atoms with van der Waals surface area (Å²) in [7, 11) is 0. The predicted octanol–water partition coefficient (Wildman–Crippen LogP) is 2.65. The number of carboxylic acids is 2. The molecule has 0 radical (unpaired) electrons. The SMILES string of the molecule is O=C(O)C[C@H](NC(=O)c1c2ccccc2cc2ccccc12)C(=O)O. The molecule has 6 nitrogen and oxygen atoms in total. The van der Waals surface area contributed by atoms with E-state index in [4.69, 9.17) is 10.2 Å². The highest BCUT2D eigenvalue weighted by Gasteiger charge is 2.25. The molecule has 0 bridgehead atoms. The van der Waals surface area contributed by atoms with Crippen molar-refractivity contribution in [2.45, 2.75) is 12.5 Å². The highest BCUT2D eigenvalue weighted by atomic mass is 16.4. The Morgan fingerprint density at radius 1 is 0.880 bits per heavy atom. The van der Waals surface area contributed by atoms with E-state index in [0.717, 1.165) is 10.8 Å². The maximum Gasteiger partial charge on any atom is 0.326 e. The molecule has 3 aromatic rings. The van der Waals surface area contributed by atoms with Crippen LogP contribution in [0.2, 0.25) is 0 Å². The van der Waals surface area contributed by atoms with Crippen LogP contribution in [0.4, 0.5) is 0 Å². The summed E-state index contributed by atoms with van der Waals surface area (Å²) in [6.07, 6.45) is -0.691. The highest BCUT2D eigenvalue weighted by Crippen LogP contribution is 2.28. The van der Waals surface area contributed by atoms with Crippen molar-refractivity contribution in [1.29, 1.82) is 0 Å². The molecule has 0 saturated heterocycles. The Labute approximate surface area is 142 Å². The molecular formula is C19H15NO5. The molecule has 1 amide bonds. The summed E-state index contributed by atoms with van der Waals surface area (Å²) in [5.74, 6) is -3.29. The van der Waals surface area contributed by atoms with Gasteiger partial charge in [0.2, 0.25) is 0 Å². The van der Waals surface area contributed by atoms with Gasteiger partial charge in [0.25, 0.3) is 5.91 Å². The van der Waals surface area contributed by atoms with Gasteiger partial charge < -0.3 is 15.5 Å². The minimum absolute atomic E-state index is 0.338. The third kappa shape index (κ3) is 3.28. The minimum atomic E-state index is -1.50. The van der Waals surface area contributed by atoms with Crippen LogP contribution in [0.25, 0.3) is 21.5 Å². The summed E-state index contributed by atoms with van der Waals surface area (Å²) in [5, 5.41) is 23.4. The molecule has 25 heavy (non-hydrogen) atoms. The van der Waals surface area contributed by atoms with E-state index < -0.39 is 30.3 Å². The van der Waals surface area contributed by atoms with Crippen molar-refractivity contribution in [2.75, 3.05) is 0 Å². The zero-order valence-corrected chi connectivity index (χ0v) is 13.1. The van der Waals surface area contributed by atoms with Gasteiger partial charge in [-0.2, -0.15) is 0 Å². The number of benzene rings is 3. The second kappa shape index (κ2) is 6.60. The van der Waals surface area contributed by atoms with E-state index in [9.17, 15) is 14.4 Å². The number of aliphatic carboxylic acids is 2. The van der Waals surface area contributed by atoms with Gasteiger partial charge >= 0.3 is 11.9 Å². The van der Waals surface area contributed by atoms with Crippen molar-refractivity contribution in [3.05, 3.63) is 60.2 Å². The van der Waals surface area contributed by atoms with E-state index in [1.807, 2.05) is 30.3 Å². The lowest BCUT2D eigenvalue weighted by atomic mass is 9.96. The van der Waals surface area contributed by atoms with Crippen molar-refractivity contribution < 1.29 is 24.6 Å². The number of hydrogen-bond donors (Lipinski definition) is 3. The lowest BCUT2D eigenvalue weighted by molar-refractivity contribution is -0.145. The molecule has 1 atom stereocenters. The normalized spacial score (nSPS) is 12.0. The Bertz CT molecular complexity index is 941. The number of amides is 1. The van der Waals surface area contributed by atoms with Crippen LogP contribution < -0.4 is 5.32 Å². The molecule has 0 aliphatic carbocycles. The summed E-state index contributed by atoms with van der Waals surface area (Å²) in [4.78, 5) is 34.9. The van der Waals surface area contributed by atoms with Crippen LogP contribution in [0.1, 0.15) is 16.8 Å². The van der Waals surface area contributed by atoms with E-state index in [-0.39, 0.29) is 0 Å². The second-order valence-corrected chi connectivity index (χ2v) is 5.66. The Balaban J connectivity index is 2.13. The fourth-order valence-corrected chi connectivity index (χ4v) is 2.86. The zero-order chi connectivity index (χ0) is 18.0. The molecule has 6 heteroatoms. The first-order valence-corrected chi connectivity index (χ1v) is 7.63. The third-order valence-corrected chi connectivity index (χ3v) is 3.98. The Kier molecular flexibility index (Phi) is 4.35. The number of nitrogens with one attached hydrogen (secondary N) is 1. The number of hydrogen-bond acceptors (Lipinski definition) is 3. The van der Waals surface area contributed by atoms with Crippen molar-refractivity contribution in [2.24, 2.45) is 0 Å². The van der Waals surface area contributed by atoms with Gasteiger partial charge in [-0.05, 0) is 27.6 Å². The van der Waals surface area contributed by atoms with Crippen molar-refractivity contribution in [3.8, 4) is 0 Å². The molecule has 3 aromatic carbocycles. The van der Waals surface area contributed by atoms with Crippen LogP contribution in [0.3, 0.4) is 0 Å². The fourth-order valence-electron chi connectivity index (χ4n) is 2.86. The first-order valence-electron chi connectivity index (χ1n) is 7.63. The maximum absolute atomic E-state index is 12.8. The summed E-state index contributed by atoms with van der Waals surface area (Å²) in [5.41, 5.74) is 0.338. The number of fused-ring (bicyclic) bond motifs is 2. The van der Waals surface area contributed by atoms with Crippen LogP contribution in [0.15, 0.2) is 54.6 Å². The minimum Gasteiger partial charge on any atom is -0.481 e. The van der Waals surface area contributed by atoms with Gasteiger partial charge in [-0.1, -0.05) is 48.5 Å². The van der Waals surface area contributed by atoms with Gasteiger partial charge in [0.1, 0.15) is 6.04 Å². The average molecular weight is 337 g/mol. The van der Waals surface area contributed by atoms with Gasteiger partial charge in [-0.3, -0.25) is 9.59 Å². The Hall–Kier alpha value is -3.41. The van der Waals surface area contributed by atoms with E-state index in [0.29, 0.717) is 16.3 Å². The number of carbonyl (C=O) groups excluding carboxylic acids is 1. The maximum atomic E-state index is 12.8. The van der Waals surface area contributed by atoms with Gasteiger partial charge in [0, 0.05) is 0 Å². The summed E-state index contributed by atoms with van der Waals surface area (Å²) in [6, 6.07) is 15.0.